The van der Waals surface area contributed by atoms with E-state index < -0.39 is 0 Å². The molecule has 3 aromatic rings. The van der Waals surface area contributed by atoms with Crippen molar-refractivity contribution in [3.05, 3.63) is 69.7 Å². The molecule has 0 aliphatic rings. The summed E-state index contributed by atoms with van der Waals surface area (Å²) in [6.45, 7) is 2.12. The van der Waals surface area contributed by atoms with Crippen molar-refractivity contribution < 1.29 is 0 Å². The van der Waals surface area contributed by atoms with E-state index in [2.05, 4.69) is 51.6 Å². The van der Waals surface area contributed by atoms with Gasteiger partial charge in [0.1, 0.15) is 0 Å². The van der Waals surface area contributed by atoms with Gasteiger partial charge in [-0.3, -0.25) is 0 Å². The molecule has 4 heteroatoms. The smallest absolute Gasteiger partial charge is 0.182 e. The van der Waals surface area contributed by atoms with Gasteiger partial charge in [-0.15, -0.1) is 11.3 Å². The maximum Gasteiger partial charge on any atom is 0.182 e. The van der Waals surface area contributed by atoms with Crippen LogP contribution in [0.3, 0.4) is 0 Å². The van der Waals surface area contributed by atoms with Gasteiger partial charge in [0.15, 0.2) is 10.8 Å². The Kier molecular flexibility index (Phi) is 4.34. The average molecular weight is 303 g/mol. The highest BCUT2D eigenvalue weighted by molar-refractivity contribution is 7.10. The molecule has 22 heavy (non-hydrogen) atoms. The Morgan fingerprint density at radius 1 is 1.09 bits per heavy atom. The molecule has 3 rings (SSSR count). The van der Waals surface area contributed by atoms with Crippen molar-refractivity contribution >= 4 is 11.3 Å². The zero-order chi connectivity index (χ0) is 15.2. The first-order valence-electron chi connectivity index (χ1n) is 6.91. The summed E-state index contributed by atoms with van der Waals surface area (Å²) in [6, 6.07) is 6.10. The summed E-state index contributed by atoms with van der Waals surface area (Å²) in [5.74, 6) is 13.1. The maximum absolute atomic E-state index is 4.16. The Bertz CT molecular complexity index is 870. The second-order valence-electron chi connectivity index (χ2n) is 4.50. The monoisotopic (exact) mass is 303 g/mol. The number of hydrogen-bond donors (Lipinski definition) is 1. The normalized spacial score (nSPS) is 9.50. The van der Waals surface area contributed by atoms with Gasteiger partial charge in [0, 0.05) is 35.1 Å². The molecule has 0 aliphatic carbocycles. The molecular weight excluding hydrogens is 290 g/mol. The molecule has 0 saturated carbocycles. The minimum Gasteiger partial charge on any atom is -0.338 e. The predicted molar refractivity (Wildman–Crippen MR) is 88.5 cm³/mol. The molecule has 0 radical (unpaired) electrons. The third kappa shape index (κ3) is 3.44. The number of aromatic nitrogens is 3. The molecule has 0 unspecified atom stereocenters. The average Bonchev–Trinajstić information content (AvgIpc) is 3.24. The van der Waals surface area contributed by atoms with Gasteiger partial charge in [0.05, 0.1) is 0 Å². The van der Waals surface area contributed by atoms with Crippen LogP contribution in [-0.4, -0.2) is 15.0 Å². The van der Waals surface area contributed by atoms with E-state index in [1.54, 1.807) is 29.9 Å². The fourth-order valence-electron chi connectivity index (χ4n) is 1.96. The topological polar surface area (TPSA) is 41.6 Å². The first-order valence-corrected chi connectivity index (χ1v) is 7.79. The first-order chi connectivity index (χ1) is 10.8. The summed E-state index contributed by atoms with van der Waals surface area (Å²) >= 11 is 1.54. The van der Waals surface area contributed by atoms with Crippen molar-refractivity contribution in [1.82, 2.24) is 15.0 Å². The molecule has 1 aromatic carbocycles. The van der Waals surface area contributed by atoms with Gasteiger partial charge in [-0.05, 0) is 42.0 Å². The lowest BCUT2D eigenvalue weighted by Gasteiger charge is -2.01. The Hall–Kier alpha value is -2.82. The zero-order valence-electron chi connectivity index (χ0n) is 12.1. The Morgan fingerprint density at radius 2 is 2.05 bits per heavy atom. The molecule has 2 heterocycles. The first kappa shape index (κ1) is 14.1. The van der Waals surface area contributed by atoms with Crippen LogP contribution < -0.4 is 0 Å². The molecule has 2 aromatic heterocycles. The van der Waals surface area contributed by atoms with E-state index in [1.807, 2.05) is 17.5 Å². The van der Waals surface area contributed by atoms with E-state index in [9.17, 15) is 0 Å². The van der Waals surface area contributed by atoms with E-state index in [0.29, 0.717) is 5.82 Å². The van der Waals surface area contributed by atoms with Crippen LogP contribution in [0.1, 0.15) is 34.4 Å². The Morgan fingerprint density at radius 3 is 2.77 bits per heavy atom. The summed E-state index contributed by atoms with van der Waals surface area (Å²) in [7, 11) is 0. The molecular formula is C18H13N3S. The number of benzene rings is 1. The predicted octanol–water partition coefficient (Wildman–Crippen LogP) is 3.23. The molecule has 0 saturated heterocycles. The van der Waals surface area contributed by atoms with Crippen LogP contribution in [0, 0.1) is 23.7 Å². The lowest BCUT2D eigenvalue weighted by atomic mass is 10.0. The van der Waals surface area contributed by atoms with Crippen LogP contribution in [0.5, 0.6) is 0 Å². The molecule has 106 valence electrons. The van der Waals surface area contributed by atoms with Crippen LogP contribution in [0.25, 0.3) is 0 Å². The van der Waals surface area contributed by atoms with Crippen LogP contribution in [0.2, 0.25) is 0 Å². The summed E-state index contributed by atoms with van der Waals surface area (Å²) in [4.78, 5) is 11.2. The maximum atomic E-state index is 4.16. The van der Waals surface area contributed by atoms with Crippen molar-refractivity contribution in [1.29, 1.82) is 0 Å². The molecule has 3 nitrogen and oxygen atoms in total. The number of aryl methyl sites for hydroxylation is 1. The van der Waals surface area contributed by atoms with Gasteiger partial charge < -0.3 is 4.98 Å². The minimum absolute atomic E-state index is 0.676. The van der Waals surface area contributed by atoms with Crippen molar-refractivity contribution in [2.24, 2.45) is 0 Å². The van der Waals surface area contributed by atoms with Gasteiger partial charge >= 0.3 is 0 Å². The lowest BCUT2D eigenvalue weighted by Crippen LogP contribution is -1.90. The zero-order valence-corrected chi connectivity index (χ0v) is 12.9. The Labute approximate surface area is 133 Å². The highest BCUT2D eigenvalue weighted by Gasteiger charge is 1.99. The largest absolute Gasteiger partial charge is 0.338 e. The van der Waals surface area contributed by atoms with Gasteiger partial charge in [-0.25, -0.2) is 9.97 Å². The lowest BCUT2D eigenvalue weighted by molar-refractivity contribution is 1.13. The molecule has 0 aliphatic heterocycles. The number of nitrogens with zero attached hydrogens (tertiary/aromatic N) is 2. The van der Waals surface area contributed by atoms with E-state index in [-0.39, 0.29) is 0 Å². The van der Waals surface area contributed by atoms with Crippen LogP contribution >= 0.6 is 11.3 Å². The minimum atomic E-state index is 0.676. The Balaban J connectivity index is 1.87. The van der Waals surface area contributed by atoms with E-state index in [0.717, 1.165) is 22.6 Å². The van der Waals surface area contributed by atoms with Crippen LogP contribution in [-0.2, 0) is 6.42 Å². The van der Waals surface area contributed by atoms with Crippen molar-refractivity contribution in [3.63, 3.8) is 0 Å². The number of rotatable bonds is 1. The number of H-pyrrole nitrogens is 1. The van der Waals surface area contributed by atoms with Gasteiger partial charge in [-0.2, -0.15) is 0 Å². The molecule has 1 N–H and O–H groups in total. The number of nitrogens with one attached hydrogen (secondary N) is 1. The third-order valence-electron chi connectivity index (χ3n) is 3.05. The molecule has 0 fully saturated rings. The number of thiazole rings is 1. The standard InChI is InChI=1S/C18H13N3S/c1-2-15-13-14(4-8-18-21-11-12-22-18)3-5-16(15)6-7-17-19-9-10-20-17/h3,5,9-13H,2H2,1H3,(H,19,20). The summed E-state index contributed by atoms with van der Waals surface area (Å²) in [5, 5.41) is 2.76. The molecule has 0 amide bonds. The summed E-state index contributed by atoms with van der Waals surface area (Å²) in [6.07, 6.45) is 6.14. The molecule has 0 atom stereocenters. The molecule has 0 spiro atoms. The van der Waals surface area contributed by atoms with Crippen LogP contribution in [0.15, 0.2) is 42.2 Å². The number of imidazole rings is 1. The summed E-state index contributed by atoms with van der Waals surface area (Å²) in [5.41, 5.74) is 3.18. The van der Waals surface area contributed by atoms with Crippen molar-refractivity contribution in [3.8, 4) is 23.7 Å². The second kappa shape index (κ2) is 6.76. The van der Waals surface area contributed by atoms with Gasteiger partial charge in [0.25, 0.3) is 0 Å². The van der Waals surface area contributed by atoms with E-state index in [1.165, 1.54) is 5.56 Å². The van der Waals surface area contributed by atoms with E-state index in [4.69, 9.17) is 0 Å². The highest BCUT2D eigenvalue weighted by atomic mass is 32.1. The molecule has 0 bridgehead atoms. The third-order valence-corrected chi connectivity index (χ3v) is 3.73. The quantitative estimate of drug-likeness (QED) is 0.701. The van der Waals surface area contributed by atoms with Crippen LogP contribution in [0.4, 0.5) is 0 Å². The SMILES string of the molecule is CCc1cc(C#Cc2nccs2)ccc1C#Cc1ncc[nH]1. The van der Waals surface area contributed by atoms with Crippen molar-refractivity contribution in [2.45, 2.75) is 13.3 Å². The van der Waals surface area contributed by atoms with Crippen molar-refractivity contribution in [2.75, 3.05) is 0 Å². The second-order valence-corrected chi connectivity index (χ2v) is 5.40. The fourth-order valence-corrected chi connectivity index (χ4v) is 2.44. The van der Waals surface area contributed by atoms with E-state index >= 15 is 0 Å². The van der Waals surface area contributed by atoms with Gasteiger partial charge in [-0.1, -0.05) is 18.8 Å². The number of aromatic amines is 1. The highest BCUT2D eigenvalue weighted by Crippen LogP contribution is 2.12. The number of hydrogen-bond acceptors (Lipinski definition) is 3. The fraction of sp³-hybridized carbons (Fsp3) is 0.111. The van der Waals surface area contributed by atoms with Gasteiger partial charge in [0.2, 0.25) is 0 Å². The summed E-state index contributed by atoms with van der Waals surface area (Å²) < 4.78 is 0.